The highest BCUT2D eigenvalue weighted by Gasteiger charge is 2.14. The van der Waals surface area contributed by atoms with E-state index in [4.69, 9.17) is 0 Å². The molecule has 0 spiro atoms. The van der Waals surface area contributed by atoms with Crippen molar-refractivity contribution in [1.82, 2.24) is 0 Å². The van der Waals surface area contributed by atoms with Gasteiger partial charge in [-0.25, -0.2) is 0 Å². The Hall–Kier alpha value is -5.98. The highest BCUT2D eigenvalue weighted by Crippen LogP contribution is 2.45. The molecule has 0 saturated heterocycles. The molecule has 3 aromatic heterocycles. The van der Waals surface area contributed by atoms with Gasteiger partial charge in [-0.15, -0.1) is 34.0 Å². The topological polar surface area (TPSA) is 6.48 Å². The summed E-state index contributed by atoms with van der Waals surface area (Å²) in [5.41, 5.74) is 9.20. The summed E-state index contributed by atoms with van der Waals surface area (Å²) in [5.74, 6) is 0. The summed E-state index contributed by atoms with van der Waals surface area (Å²) in [5, 5.41) is 0. The van der Waals surface area contributed by atoms with E-state index in [0.29, 0.717) is 0 Å². The molecule has 0 atom stereocenters. The van der Waals surface area contributed by atoms with E-state index in [9.17, 15) is 0 Å². The molecular formula is C48H34N2S3. The number of benzene rings is 6. The van der Waals surface area contributed by atoms with Crippen molar-refractivity contribution in [2.24, 2.45) is 0 Å². The predicted molar refractivity (Wildman–Crippen MR) is 235 cm³/mol. The molecule has 0 amide bonds. The number of anilines is 6. The van der Waals surface area contributed by atoms with Gasteiger partial charge in [0.05, 0.1) is 9.40 Å². The largest absolute Gasteiger partial charge is 0.311 e. The second-order valence-corrected chi connectivity index (χ2v) is 15.9. The van der Waals surface area contributed by atoms with Crippen molar-refractivity contribution in [3.63, 3.8) is 0 Å². The van der Waals surface area contributed by atoms with E-state index in [0.717, 1.165) is 34.1 Å². The van der Waals surface area contributed by atoms with Crippen LogP contribution in [0.15, 0.2) is 182 Å². The van der Waals surface area contributed by atoms with Gasteiger partial charge < -0.3 is 9.80 Å². The van der Waals surface area contributed by atoms with Crippen LogP contribution in [0.4, 0.5) is 34.1 Å². The lowest BCUT2D eigenvalue weighted by molar-refractivity contribution is 1.28. The Morgan fingerprint density at radius 2 is 0.604 bits per heavy atom. The Balaban J connectivity index is 0.907. The minimum atomic E-state index is 1.14. The third kappa shape index (κ3) is 7.11. The van der Waals surface area contributed by atoms with Crippen LogP contribution < -0.4 is 9.80 Å². The average Bonchev–Trinajstić information content (AvgIpc) is 3.90. The number of rotatable bonds is 10. The van der Waals surface area contributed by atoms with E-state index in [1.807, 2.05) is 34.0 Å². The molecule has 9 aromatic rings. The third-order valence-corrected chi connectivity index (χ3v) is 12.8. The van der Waals surface area contributed by atoms with Crippen molar-refractivity contribution in [1.29, 1.82) is 0 Å². The molecule has 0 aliphatic rings. The molecule has 0 aliphatic heterocycles. The molecule has 0 fully saturated rings. The molecular weight excluding hydrogens is 701 g/mol. The number of para-hydroxylation sites is 4. The van der Waals surface area contributed by atoms with Crippen LogP contribution >= 0.6 is 34.0 Å². The molecule has 0 aliphatic carbocycles. The minimum Gasteiger partial charge on any atom is -0.311 e. The van der Waals surface area contributed by atoms with Crippen LogP contribution in [-0.2, 0) is 0 Å². The second-order valence-electron chi connectivity index (χ2n) is 12.6. The molecule has 5 heteroatoms. The molecule has 0 saturated carbocycles. The first kappa shape index (κ1) is 32.9. The van der Waals surface area contributed by atoms with Crippen molar-refractivity contribution < 1.29 is 0 Å². The zero-order valence-corrected chi connectivity index (χ0v) is 31.2. The van der Waals surface area contributed by atoms with Gasteiger partial charge >= 0.3 is 0 Å². The van der Waals surface area contributed by atoms with Crippen LogP contribution in [-0.4, -0.2) is 0 Å². The van der Waals surface area contributed by atoms with Crippen LogP contribution in [0.25, 0.3) is 43.1 Å². The zero-order chi connectivity index (χ0) is 35.4. The molecule has 2 nitrogen and oxygen atoms in total. The second kappa shape index (κ2) is 14.9. The standard InChI is InChI=1S/C48H34N2S3/c1-5-13-37(14-6-1)49(38-15-7-2-8-16-38)41-27-21-35(22-28-41)25-31-43-33-45-47(51-43)48-46(53-45)34-44(52-48)32-26-36-23-29-42(30-24-36)50(39-17-9-3-10-18-39)40-19-11-4-12-20-40/h1-34H. The van der Waals surface area contributed by atoms with E-state index in [1.165, 1.54) is 39.7 Å². The molecule has 9 rings (SSSR count). The summed E-state index contributed by atoms with van der Waals surface area (Å²) in [4.78, 5) is 7.13. The first-order valence-corrected chi connectivity index (χ1v) is 20.0. The summed E-state index contributed by atoms with van der Waals surface area (Å²) in [6.07, 6.45) is 8.94. The maximum atomic E-state index is 2.33. The van der Waals surface area contributed by atoms with E-state index in [2.05, 4.69) is 216 Å². The summed E-state index contributed by atoms with van der Waals surface area (Å²) in [6.45, 7) is 0. The van der Waals surface area contributed by atoms with Gasteiger partial charge in [0.1, 0.15) is 0 Å². The van der Waals surface area contributed by atoms with Gasteiger partial charge in [-0.2, -0.15) is 0 Å². The fourth-order valence-electron chi connectivity index (χ4n) is 6.56. The van der Waals surface area contributed by atoms with Gasteiger partial charge in [-0.05, 0) is 108 Å². The van der Waals surface area contributed by atoms with E-state index < -0.39 is 0 Å². The molecule has 53 heavy (non-hydrogen) atoms. The molecule has 0 bridgehead atoms. The first-order chi connectivity index (χ1) is 26.2. The van der Waals surface area contributed by atoms with E-state index in [-0.39, 0.29) is 0 Å². The average molecular weight is 735 g/mol. The lowest BCUT2D eigenvalue weighted by atomic mass is 10.1. The monoisotopic (exact) mass is 734 g/mol. The molecule has 0 radical (unpaired) electrons. The van der Waals surface area contributed by atoms with E-state index >= 15 is 0 Å². The first-order valence-electron chi connectivity index (χ1n) is 17.6. The lowest BCUT2D eigenvalue weighted by Gasteiger charge is -2.25. The normalized spacial score (nSPS) is 11.6. The van der Waals surface area contributed by atoms with Crippen molar-refractivity contribution in [3.8, 4) is 0 Å². The summed E-state index contributed by atoms with van der Waals surface area (Å²) >= 11 is 5.65. The van der Waals surface area contributed by atoms with Crippen LogP contribution in [0, 0.1) is 0 Å². The summed E-state index contributed by atoms with van der Waals surface area (Å²) in [6, 6.07) is 64.4. The molecule has 6 aromatic carbocycles. The third-order valence-electron chi connectivity index (χ3n) is 9.10. The SMILES string of the molecule is C(=Cc1cc2sc3cc(C=Cc4ccc(N(c5ccccc5)c5ccccc5)cc4)sc3c2s1)c1ccc(N(c2ccccc2)c2ccccc2)cc1. The van der Waals surface area contributed by atoms with Gasteiger partial charge in [0.25, 0.3) is 0 Å². The highest BCUT2D eigenvalue weighted by molar-refractivity contribution is 7.38. The van der Waals surface area contributed by atoms with Crippen LogP contribution in [0.1, 0.15) is 20.9 Å². The fourth-order valence-corrected chi connectivity index (χ4v) is 10.4. The number of nitrogens with zero attached hydrogens (tertiary/aromatic N) is 2. The van der Waals surface area contributed by atoms with Gasteiger partial charge in [0, 0.05) is 53.3 Å². The summed E-state index contributed by atoms with van der Waals surface area (Å²) in [7, 11) is 0. The van der Waals surface area contributed by atoms with Crippen LogP contribution in [0.2, 0.25) is 0 Å². The van der Waals surface area contributed by atoms with Crippen molar-refractivity contribution >= 4 is 111 Å². The van der Waals surface area contributed by atoms with Crippen LogP contribution in [0.3, 0.4) is 0 Å². The Bertz CT molecular complexity index is 2370. The van der Waals surface area contributed by atoms with Crippen molar-refractivity contribution in [3.05, 3.63) is 203 Å². The predicted octanol–water partition coefficient (Wildman–Crippen LogP) is 15.5. The number of fused-ring (bicyclic) bond motifs is 3. The maximum absolute atomic E-state index is 2.33. The smallest absolute Gasteiger partial charge is 0.0635 e. The highest BCUT2D eigenvalue weighted by atomic mass is 32.1. The van der Waals surface area contributed by atoms with Gasteiger partial charge in [-0.1, -0.05) is 109 Å². The summed E-state index contributed by atoms with van der Waals surface area (Å²) < 4.78 is 5.50. The Kier molecular flexibility index (Phi) is 9.27. The Morgan fingerprint density at radius 1 is 0.302 bits per heavy atom. The minimum absolute atomic E-state index is 1.14. The number of hydrogen-bond acceptors (Lipinski definition) is 5. The number of thiophene rings is 3. The Morgan fingerprint density at radius 3 is 0.925 bits per heavy atom. The fraction of sp³-hybridized carbons (Fsp3) is 0. The van der Waals surface area contributed by atoms with Crippen LogP contribution in [0.5, 0.6) is 0 Å². The quantitative estimate of drug-likeness (QED) is 0.138. The maximum Gasteiger partial charge on any atom is 0.0635 e. The zero-order valence-electron chi connectivity index (χ0n) is 28.7. The van der Waals surface area contributed by atoms with E-state index in [1.54, 1.807) is 0 Å². The van der Waals surface area contributed by atoms with Crippen molar-refractivity contribution in [2.75, 3.05) is 9.80 Å². The molecule has 0 unspecified atom stereocenters. The van der Waals surface area contributed by atoms with Gasteiger partial charge in [-0.3, -0.25) is 0 Å². The lowest BCUT2D eigenvalue weighted by Crippen LogP contribution is -2.09. The molecule has 3 heterocycles. The van der Waals surface area contributed by atoms with Crippen molar-refractivity contribution in [2.45, 2.75) is 0 Å². The Labute approximate surface area is 322 Å². The van der Waals surface area contributed by atoms with Gasteiger partial charge in [0.15, 0.2) is 0 Å². The number of hydrogen-bond donors (Lipinski definition) is 0. The van der Waals surface area contributed by atoms with Gasteiger partial charge in [0.2, 0.25) is 0 Å². The molecule has 0 N–H and O–H groups in total. The molecule has 254 valence electrons.